The Morgan fingerprint density at radius 1 is 1.23 bits per heavy atom. The second-order valence-electron chi connectivity index (χ2n) is 4.67. The van der Waals surface area contributed by atoms with Crippen LogP contribution in [0.3, 0.4) is 0 Å². The first-order valence-electron chi connectivity index (χ1n) is 6.49. The summed E-state index contributed by atoms with van der Waals surface area (Å²) in [7, 11) is 0. The lowest BCUT2D eigenvalue weighted by atomic mass is 10.2. The molecule has 22 heavy (non-hydrogen) atoms. The molecule has 2 N–H and O–H groups in total. The normalized spacial score (nSPS) is 16.3. The van der Waals surface area contributed by atoms with Gasteiger partial charge in [0.05, 0.1) is 13.2 Å². The van der Waals surface area contributed by atoms with Crippen LogP contribution in [0.4, 0.5) is 18.0 Å². The molecule has 1 amide bonds. The van der Waals surface area contributed by atoms with Gasteiger partial charge in [-0.3, -0.25) is 4.90 Å². The second-order valence-corrected chi connectivity index (χ2v) is 4.67. The quantitative estimate of drug-likeness (QED) is 0.917. The van der Waals surface area contributed by atoms with Gasteiger partial charge in [0.1, 0.15) is 11.5 Å². The third-order valence-electron chi connectivity index (χ3n) is 2.90. The Bertz CT molecular complexity index is 531. The largest absolute Gasteiger partial charge is 0.573 e. The Hall–Kier alpha value is -2.00. The number of morpholine rings is 1. The maximum Gasteiger partial charge on any atom is 0.573 e. The number of amides is 1. The van der Waals surface area contributed by atoms with E-state index < -0.39 is 18.2 Å². The highest BCUT2D eigenvalue weighted by atomic mass is 19.4. The fourth-order valence-electron chi connectivity index (χ4n) is 2.11. The number of primary amides is 1. The lowest BCUT2D eigenvalue weighted by molar-refractivity contribution is -0.274. The van der Waals surface area contributed by atoms with E-state index in [4.69, 9.17) is 10.5 Å². The Morgan fingerprint density at radius 3 is 2.45 bits per heavy atom. The van der Waals surface area contributed by atoms with Gasteiger partial charge in [0.2, 0.25) is 0 Å². The van der Waals surface area contributed by atoms with E-state index in [1.807, 2.05) is 4.90 Å². The van der Waals surface area contributed by atoms with Crippen LogP contribution < -0.4 is 15.2 Å². The van der Waals surface area contributed by atoms with Crippen LogP contribution in [0.15, 0.2) is 18.2 Å². The van der Waals surface area contributed by atoms with Gasteiger partial charge in [-0.2, -0.15) is 0 Å². The van der Waals surface area contributed by atoms with Crippen LogP contribution in [0, 0.1) is 0 Å². The van der Waals surface area contributed by atoms with Crippen molar-refractivity contribution in [3.8, 4) is 11.5 Å². The summed E-state index contributed by atoms with van der Waals surface area (Å²) < 4.78 is 50.8. The molecule has 1 saturated heterocycles. The highest BCUT2D eigenvalue weighted by Gasteiger charge is 2.31. The van der Waals surface area contributed by atoms with Crippen molar-refractivity contribution in [2.45, 2.75) is 12.9 Å². The Morgan fingerprint density at radius 2 is 1.86 bits per heavy atom. The fourth-order valence-corrected chi connectivity index (χ4v) is 2.11. The SMILES string of the molecule is NC(=O)Oc1cc(CN2CCOCC2)cc(OC(F)(F)F)c1. The molecule has 0 radical (unpaired) electrons. The lowest BCUT2D eigenvalue weighted by Gasteiger charge is -2.26. The minimum absolute atomic E-state index is 0.0995. The second kappa shape index (κ2) is 6.84. The van der Waals surface area contributed by atoms with Crippen LogP contribution in [0.25, 0.3) is 0 Å². The summed E-state index contributed by atoms with van der Waals surface area (Å²) in [4.78, 5) is 12.8. The first kappa shape index (κ1) is 16.4. The van der Waals surface area contributed by atoms with E-state index in [0.717, 1.165) is 6.07 Å². The Kier molecular flexibility index (Phi) is 5.09. The van der Waals surface area contributed by atoms with Crippen LogP contribution >= 0.6 is 0 Å². The standard InChI is InChI=1S/C13H15F3N2O4/c14-13(15,16)22-11-6-9(5-10(7-11)21-12(17)19)8-18-1-3-20-4-2-18/h5-7H,1-4,8H2,(H2,17,19). The summed E-state index contributed by atoms with van der Waals surface area (Å²) in [5, 5.41) is 0. The number of halogens is 3. The summed E-state index contributed by atoms with van der Waals surface area (Å²) in [6.45, 7) is 2.83. The smallest absolute Gasteiger partial charge is 0.410 e. The van der Waals surface area contributed by atoms with Crippen LogP contribution in [-0.2, 0) is 11.3 Å². The van der Waals surface area contributed by atoms with Gasteiger partial charge in [0, 0.05) is 25.7 Å². The van der Waals surface area contributed by atoms with Gasteiger partial charge in [0.15, 0.2) is 0 Å². The van der Waals surface area contributed by atoms with Crippen molar-refractivity contribution in [1.29, 1.82) is 0 Å². The molecule has 0 saturated carbocycles. The van der Waals surface area contributed by atoms with Crippen LogP contribution in [0.1, 0.15) is 5.56 Å². The van der Waals surface area contributed by atoms with Crippen molar-refractivity contribution in [3.05, 3.63) is 23.8 Å². The minimum atomic E-state index is -4.83. The Labute approximate surface area is 124 Å². The maximum atomic E-state index is 12.3. The molecule has 1 heterocycles. The zero-order valence-corrected chi connectivity index (χ0v) is 11.6. The van der Waals surface area contributed by atoms with Crippen molar-refractivity contribution in [3.63, 3.8) is 0 Å². The molecule has 1 aliphatic rings. The van der Waals surface area contributed by atoms with E-state index in [1.165, 1.54) is 12.1 Å². The molecule has 1 aromatic rings. The van der Waals surface area contributed by atoms with Crippen molar-refractivity contribution < 1.29 is 32.2 Å². The molecule has 1 fully saturated rings. The predicted molar refractivity (Wildman–Crippen MR) is 69.4 cm³/mol. The average Bonchev–Trinajstić information content (AvgIpc) is 2.36. The van der Waals surface area contributed by atoms with Crippen molar-refractivity contribution in [2.24, 2.45) is 5.73 Å². The minimum Gasteiger partial charge on any atom is -0.410 e. The number of carbonyl (C=O) groups is 1. The number of rotatable bonds is 4. The van der Waals surface area contributed by atoms with E-state index >= 15 is 0 Å². The van der Waals surface area contributed by atoms with Crippen molar-refractivity contribution in [1.82, 2.24) is 4.90 Å². The molecule has 0 bridgehead atoms. The molecule has 9 heteroatoms. The zero-order chi connectivity index (χ0) is 16.2. The molecule has 6 nitrogen and oxygen atoms in total. The zero-order valence-electron chi connectivity index (χ0n) is 11.6. The van der Waals surface area contributed by atoms with Gasteiger partial charge < -0.3 is 19.9 Å². The number of carbonyl (C=O) groups excluding carboxylic acids is 1. The Balaban J connectivity index is 2.18. The van der Waals surface area contributed by atoms with Crippen molar-refractivity contribution in [2.75, 3.05) is 26.3 Å². The van der Waals surface area contributed by atoms with E-state index in [2.05, 4.69) is 9.47 Å². The number of alkyl halides is 3. The molecule has 0 aliphatic carbocycles. The van der Waals surface area contributed by atoms with E-state index in [-0.39, 0.29) is 5.75 Å². The van der Waals surface area contributed by atoms with Gasteiger partial charge in [-0.25, -0.2) is 4.79 Å². The topological polar surface area (TPSA) is 74.0 Å². The maximum absolute atomic E-state index is 12.3. The molecule has 0 atom stereocenters. The highest BCUT2D eigenvalue weighted by Crippen LogP contribution is 2.29. The van der Waals surface area contributed by atoms with Gasteiger partial charge >= 0.3 is 12.5 Å². The summed E-state index contributed by atoms with van der Waals surface area (Å²) in [5.41, 5.74) is 5.40. The van der Waals surface area contributed by atoms with Crippen LogP contribution in [-0.4, -0.2) is 43.7 Å². The molecule has 0 spiro atoms. The lowest BCUT2D eigenvalue weighted by Crippen LogP contribution is -2.35. The summed E-state index contributed by atoms with van der Waals surface area (Å²) in [6, 6.07) is 3.65. The molecule has 122 valence electrons. The van der Waals surface area contributed by atoms with Crippen molar-refractivity contribution >= 4 is 6.09 Å². The van der Waals surface area contributed by atoms with Crippen LogP contribution in [0.5, 0.6) is 11.5 Å². The van der Waals surface area contributed by atoms with Gasteiger partial charge in [-0.1, -0.05) is 0 Å². The summed E-state index contributed by atoms with van der Waals surface area (Å²) >= 11 is 0. The number of ether oxygens (including phenoxy) is 3. The van der Waals surface area contributed by atoms with Gasteiger partial charge in [-0.05, 0) is 17.7 Å². The number of nitrogens with two attached hydrogens (primary N) is 1. The number of nitrogens with zero attached hydrogens (tertiary/aromatic N) is 1. The first-order valence-corrected chi connectivity index (χ1v) is 6.49. The van der Waals surface area contributed by atoms with Crippen LogP contribution in [0.2, 0.25) is 0 Å². The fraction of sp³-hybridized carbons (Fsp3) is 0.462. The molecule has 2 rings (SSSR count). The monoisotopic (exact) mass is 320 g/mol. The third-order valence-corrected chi connectivity index (χ3v) is 2.90. The average molecular weight is 320 g/mol. The molecule has 0 aromatic heterocycles. The number of benzene rings is 1. The molecule has 1 aromatic carbocycles. The van der Waals surface area contributed by atoms with Gasteiger partial charge in [-0.15, -0.1) is 13.2 Å². The molecular formula is C13H15F3N2O4. The third kappa shape index (κ3) is 5.41. The van der Waals surface area contributed by atoms with E-state index in [9.17, 15) is 18.0 Å². The van der Waals surface area contributed by atoms with Gasteiger partial charge in [0.25, 0.3) is 0 Å². The van der Waals surface area contributed by atoms with E-state index in [0.29, 0.717) is 38.4 Å². The van der Waals surface area contributed by atoms with E-state index in [1.54, 1.807) is 0 Å². The summed E-state index contributed by atoms with van der Waals surface area (Å²) in [6.07, 6.45) is -5.94. The summed E-state index contributed by atoms with van der Waals surface area (Å²) in [5.74, 6) is -0.563. The number of hydrogen-bond acceptors (Lipinski definition) is 5. The molecule has 0 unspecified atom stereocenters. The molecular weight excluding hydrogens is 305 g/mol. The predicted octanol–water partition coefficient (Wildman–Crippen LogP) is 1.87. The molecule has 1 aliphatic heterocycles. The number of hydrogen-bond donors (Lipinski definition) is 1. The highest BCUT2D eigenvalue weighted by molar-refractivity contribution is 5.68. The first-order chi connectivity index (χ1) is 10.3.